The van der Waals surface area contributed by atoms with E-state index in [0.29, 0.717) is 19.6 Å². The lowest BCUT2D eigenvalue weighted by Crippen LogP contribution is -2.42. The van der Waals surface area contributed by atoms with E-state index in [4.69, 9.17) is 0 Å². The quantitative estimate of drug-likeness (QED) is 0.883. The van der Waals surface area contributed by atoms with Gasteiger partial charge in [-0.3, -0.25) is 0 Å². The molecule has 0 unspecified atom stereocenters. The molecular formula is C14H19F3N2O3S. The maximum absolute atomic E-state index is 12.6. The number of nitrogens with one attached hydrogen (secondary N) is 1. The molecule has 2 rings (SSSR count). The van der Waals surface area contributed by atoms with Crippen LogP contribution in [0.2, 0.25) is 0 Å². The first-order valence-electron chi connectivity index (χ1n) is 7.23. The van der Waals surface area contributed by atoms with Crippen molar-refractivity contribution in [2.75, 3.05) is 26.7 Å². The second-order valence-electron chi connectivity index (χ2n) is 5.45. The number of hydrogen-bond donors (Lipinski definition) is 1. The van der Waals surface area contributed by atoms with Crippen molar-refractivity contribution < 1.29 is 26.3 Å². The van der Waals surface area contributed by atoms with Gasteiger partial charge in [0.25, 0.3) is 0 Å². The van der Waals surface area contributed by atoms with Crippen molar-refractivity contribution in [1.29, 1.82) is 0 Å². The summed E-state index contributed by atoms with van der Waals surface area (Å²) < 4.78 is 67.2. The van der Waals surface area contributed by atoms with Crippen LogP contribution in [0.1, 0.15) is 12.8 Å². The molecule has 130 valence electrons. The van der Waals surface area contributed by atoms with E-state index in [0.717, 1.165) is 25.0 Å². The summed E-state index contributed by atoms with van der Waals surface area (Å²) in [7, 11) is -2.04. The lowest BCUT2D eigenvalue weighted by molar-refractivity contribution is -0.274. The molecule has 1 aromatic carbocycles. The Labute approximate surface area is 133 Å². The first-order chi connectivity index (χ1) is 10.7. The molecule has 1 heterocycles. The molecule has 0 amide bonds. The fourth-order valence-electron chi connectivity index (χ4n) is 2.68. The Morgan fingerprint density at radius 1 is 1.39 bits per heavy atom. The van der Waals surface area contributed by atoms with Crippen molar-refractivity contribution in [3.05, 3.63) is 24.3 Å². The SMILES string of the molecule is CNC[C@@H]1CCCN(S(=O)(=O)c2cccc(OC(F)(F)F)c2)C1. The maximum atomic E-state index is 12.6. The molecular weight excluding hydrogens is 333 g/mol. The van der Waals surface area contributed by atoms with Gasteiger partial charge in [0.15, 0.2) is 0 Å². The lowest BCUT2D eigenvalue weighted by atomic mass is 10.00. The van der Waals surface area contributed by atoms with Crippen LogP contribution in [0, 0.1) is 5.92 Å². The zero-order valence-electron chi connectivity index (χ0n) is 12.6. The molecule has 0 spiro atoms. The number of ether oxygens (including phenoxy) is 1. The van der Waals surface area contributed by atoms with Crippen molar-refractivity contribution in [2.45, 2.75) is 24.1 Å². The van der Waals surface area contributed by atoms with E-state index in [-0.39, 0.29) is 10.8 Å². The minimum atomic E-state index is -4.86. The topological polar surface area (TPSA) is 58.6 Å². The van der Waals surface area contributed by atoms with Crippen LogP contribution in [0.3, 0.4) is 0 Å². The van der Waals surface area contributed by atoms with E-state index in [1.807, 2.05) is 0 Å². The number of alkyl halides is 3. The smallest absolute Gasteiger partial charge is 0.406 e. The van der Waals surface area contributed by atoms with Crippen LogP contribution in [-0.4, -0.2) is 45.8 Å². The monoisotopic (exact) mass is 352 g/mol. The van der Waals surface area contributed by atoms with Crippen LogP contribution >= 0.6 is 0 Å². The van der Waals surface area contributed by atoms with Gasteiger partial charge in [0.2, 0.25) is 10.0 Å². The molecule has 1 aliphatic rings. The largest absolute Gasteiger partial charge is 0.573 e. The summed E-state index contributed by atoms with van der Waals surface area (Å²) in [6.45, 7) is 1.42. The van der Waals surface area contributed by atoms with Crippen LogP contribution in [0.5, 0.6) is 5.75 Å². The number of piperidine rings is 1. The Morgan fingerprint density at radius 2 is 2.13 bits per heavy atom. The number of nitrogens with zero attached hydrogens (tertiary/aromatic N) is 1. The van der Waals surface area contributed by atoms with Gasteiger partial charge in [-0.2, -0.15) is 4.31 Å². The minimum absolute atomic E-state index is 0.190. The highest BCUT2D eigenvalue weighted by atomic mass is 32.2. The predicted molar refractivity (Wildman–Crippen MR) is 78.5 cm³/mol. The predicted octanol–water partition coefficient (Wildman–Crippen LogP) is 2.21. The van der Waals surface area contributed by atoms with Crippen molar-refractivity contribution in [2.24, 2.45) is 5.92 Å². The maximum Gasteiger partial charge on any atom is 0.573 e. The molecule has 0 aliphatic carbocycles. The highest BCUT2D eigenvalue weighted by molar-refractivity contribution is 7.89. The highest BCUT2D eigenvalue weighted by Gasteiger charge is 2.33. The molecule has 1 N–H and O–H groups in total. The standard InChI is InChI=1S/C14H19F3N2O3S/c1-18-9-11-4-3-7-19(10-11)23(20,21)13-6-2-5-12(8-13)22-14(15,16)17/h2,5-6,8,11,18H,3-4,7,9-10H2,1H3/t11-/m0/s1. The lowest BCUT2D eigenvalue weighted by Gasteiger charge is -2.31. The zero-order chi connectivity index (χ0) is 17.1. The van der Waals surface area contributed by atoms with Crippen molar-refractivity contribution in [3.8, 4) is 5.75 Å². The molecule has 1 saturated heterocycles. The van der Waals surface area contributed by atoms with Gasteiger partial charge in [0, 0.05) is 19.2 Å². The molecule has 1 fully saturated rings. The fraction of sp³-hybridized carbons (Fsp3) is 0.571. The Balaban J connectivity index is 2.20. The second kappa shape index (κ2) is 7.06. The van der Waals surface area contributed by atoms with Gasteiger partial charge in [0.1, 0.15) is 5.75 Å². The van der Waals surface area contributed by atoms with Gasteiger partial charge >= 0.3 is 6.36 Å². The molecule has 0 bridgehead atoms. The number of benzene rings is 1. The summed E-state index contributed by atoms with van der Waals surface area (Å²) in [4.78, 5) is -0.190. The van der Waals surface area contributed by atoms with E-state index >= 15 is 0 Å². The van der Waals surface area contributed by atoms with Crippen LogP contribution < -0.4 is 10.1 Å². The molecule has 0 radical (unpaired) electrons. The van der Waals surface area contributed by atoms with E-state index in [9.17, 15) is 21.6 Å². The number of sulfonamides is 1. The third-order valence-corrected chi connectivity index (χ3v) is 5.51. The Morgan fingerprint density at radius 3 is 2.78 bits per heavy atom. The Hall–Kier alpha value is -1.32. The Bertz CT molecular complexity index is 632. The summed E-state index contributed by atoms with van der Waals surface area (Å²) in [6.07, 6.45) is -3.21. The van der Waals surface area contributed by atoms with Gasteiger partial charge in [-0.15, -0.1) is 13.2 Å². The average molecular weight is 352 g/mol. The molecule has 5 nitrogen and oxygen atoms in total. The van der Waals surface area contributed by atoms with Gasteiger partial charge < -0.3 is 10.1 Å². The number of halogens is 3. The van der Waals surface area contributed by atoms with Crippen molar-refractivity contribution in [3.63, 3.8) is 0 Å². The summed E-state index contributed by atoms with van der Waals surface area (Å²) >= 11 is 0. The third kappa shape index (κ3) is 4.82. The van der Waals surface area contributed by atoms with E-state index in [1.54, 1.807) is 7.05 Å². The first kappa shape index (κ1) is 18.0. The number of hydrogen-bond acceptors (Lipinski definition) is 4. The fourth-order valence-corrected chi connectivity index (χ4v) is 4.27. The molecule has 1 atom stereocenters. The van der Waals surface area contributed by atoms with Gasteiger partial charge in [-0.1, -0.05) is 6.07 Å². The summed E-state index contributed by atoms with van der Waals surface area (Å²) in [5.74, 6) is -0.347. The van der Waals surface area contributed by atoms with Crippen LogP contribution in [0.25, 0.3) is 0 Å². The summed E-state index contributed by atoms with van der Waals surface area (Å²) in [5, 5.41) is 3.02. The normalized spacial score (nSPS) is 20.4. The first-order valence-corrected chi connectivity index (χ1v) is 8.67. The van der Waals surface area contributed by atoms with Crippen molar-refractivity contribution >= 4 is 10.0 Å². The van der Waals surface area contributed by atoms with Gasteiger partial charge in [-0.25, -0.2) is 8.42 Å². The molecule has 23 heavy (non-hydrogen) atoms. The van der Waals surface area contributed by atoms with E-state index in [1.165, 1.54) is 16.4 Å². The number of rotatable bonds is 5. The van der Waals surface area contributed by atoms with Crippen molar-refractivity contribution in [1.82, 2.24) is 9.62 Å². The molecule has 1 aliphatic heterocycles. The second-order valence-corrected chi connectivity index (χ2v) is 7.39. The molecule has 9 heteroatoms. The molecule has 0 saturated carbocycles. The highest BCUT2D eigenvalue weighted by Crippen LogP contribution is 2.28. The average Bonchev–Trinajstić information content (AvgIpc) is 2.46. The van der Waals surface area contributed by atoms with Crippen LogP contribution in [0.15, 0.2) is 29.2 Å². The molecule has 0 aromatic heterocycles. The van der Waals surface area contributed by atoms with E-state index < -0.39 is 22.1 Å². The van der Waals surface area contributed by atoms with Crippen LogP contribution in [-0.2, 0) is 10.0 Å². The zero-order valence-corrected chi connectivity index (χ0v) is 13.5. The third-order valence-electron chi connectivity index (χ3n) is 3.65. The summed E-state index contributed by atoms with van der Waals surface area (Å²) in [5.41, 5.74) is 0. The molecule has 1 aromatic rings. The van der Waals surface area contributed by atoms with Gasteiger partial charge in [-0.05, 0) is 44.5 Å². The van der Waals surface area contributed by atoms with E-state index in [2.05, 4.69) is 10.1 Å². The van der Waals surface area contributed by atoms with Crippen LogP contribution in [0.4, 0.5) is 13.2 Å². The van der Waals surface area contributed by atoms with Gasteiger partial charge in [0.05, 0.1) is 4.90 Å². The Kier molecular flexibility index (Phi) is 5.53. The summed E-state index contributed by atoms with van der Waals surface area (Å²) in [6, 6.07) is 4.50. The minimum Gasteiger partial charge on any atom is -0.406 e.